The van der Waals surface area contributed by atoms with Crippen LogP contribution in [0.25, 0.3) is 0 Å². The summed E-state index contributed by atoms with van der Waals surface area (Å²) in [5.41, 5.74) is 5.91. The Hall–Kier alpha value is -0.570. The maximum Gasteiger partial charge on any atom is 0.223 e. The van der Waals surface area contributed by atoms with Crippen LogP contribution in [0.5, 0.6) is 0 Å². The Morgan fingerprint density at radius 1 is 1.53 bits per heavy atom. The fourth-order valence-electron chi connectivity index (χ4n) is 2.22. The van der Waals surface area contributed by atoms with E-state index in [1.54, 1.807) is 0 Å². The van der Waals surface area contributed by atoms with Crippen molar-refractivity contribution in [2.24, 2.45) is 5.73 Å². The van der Waals surface area contributed by atoms with Crippen LogP contribution < -0.4 is 5.73 Å². The summed E-state index contributed by atoms with van der Waals surface area (Å²) < 4.78 is 0. The molecule has 88 valence electrons. The monoisotopic (exact) mass is 212 g/mol. The molecule has 1 amide bonds. The topological polar surface area (TPSA) is 46.3 Å². The van der Waals surface area contributed by atoms with Crippen LogP contribution in [0.3, 0.4) is 0 Å². The van der Waals surface area contributed by atoms with E-state index in [9.17, 15) is 4.79 Å². The Labute approximate surface area is 93.0 Å². The number of carbonyl (C=O) groups is 1. The molecule has 1 heterocycles. The molecule has 1 rings (SSSR count). The van der Waals surface area contributed by atoms with Gasteiger partial charge in [0.05, 0.1) is 5.54 Å². The van der Waals surface area contributed by atoms with Crippen molar-refractivity contribution < 1.29 is 4.79 Å². The van der Waals surface area contributed by atoms with Gasteiger partial charge in [0.15, 0.2) is 0 Å². The predicted molar refractivity (Wildman–Crippen MR) is 62.5 cm³/mol. The molecule has 1 fully saturated rings. The molecular weight excluding hydrogens is 188 g/mol. The lowest BCUT2D eigenvalue weighted by molar-refractivity contribution is -0.139. The van der Waals surface area contributed by atoms with Crippen molar-refractivity contribution >= 4 is 5.91 Å². The molecule has 0 saturated carbocycles. The molecular formula is C12H24N2O. The standard InChI is InChI=1S/C12H24N2O/c1-4-5-8-11(15)14-9-6-7-10(13)12(14,2)3/h10H,4-9,13H2,1-3H3. The average Bonchev–Trinajstić information content (AvgIpc) is 2.18. The Balaban J connectivity index is 2.62. The number of nitrogens with two attached hydrogens (primary N) is 1. The first-order chi connectivity index (χ1) is 7.00. The summed E-state index contributed by atoms with van der Waals surface area (Å²) in [6.45, 7) is 7.16. The minimum atomic E-state index is -0.164. The highest BCUT2D eigenvalue weighted by Crippen LogP contribution is 2.27. The van der Waals surface area contributed by atoms with Gasteiger partial charge in [-0.2, -0.15) is 0 Å². The number of unbranched alkanes of at least 4 members (excludes halogenated alkanes) is 1. The van der Waals surface area contributed by atoms with Crippen molar-refractivity contribution in [3.8, 4) is 0 Å². The number of rotatable bonds is 3. The third-order valence-corrected chi connectivity index (χ3v) is 3.55. The first kappa shape index (κ1) is 12.5. The highest BCUT2D eigenvalue weighted by molar-refractivity contribution is 5.77. The van der Waals surface area contributed by atoms with Crippen LogP contribution in [0.2, 0.25) is 0 Å². The molecule has 1 aliphatic rings. The van der Waals surface area contributed by atoms with E-state index in [2.05, 4.69) is 20.8 Å². The predicted octanol–water partition coefficient (Wildman–Crippen LogP) is 1.90. The number of likely N-dealkylation sites (tertiary alicyclic amines) is 1. The number of hydrogen-bond acceptors (Lipinski definition) is 2. The van der Waals surface area contributed by atoms with Crippen LogP contribution in [-0.2, 0) is 4.79 Å². The Kier molecular flexibility index (Phi) is 4.14. The number of piperidine rings is 1. The zero-order valence-electron chi connectivity index (χ0n) is 10.3. The van der Waals surface area contributed by atoms with Crippen LogP contribution >= 0.6 is 0 Å². The molecule has 1 saturated heterocycles. The molecule has 0 aliphatic carbocycles. The van der Waals surface area contributed by atoms with E-state index in [4.69, 9.17) is 5.73 Å². The van der Waals surface area contributed by atoms with E-state index in [0.29, 0.717) is 6.42 Å². The van der Waals surface area contributed by atoms with Gasteiger partial charge < -0.3 is 10.6 Å². The van der Waals surface area contributed by atoms with Gasteiger partial charge in [0, 0.05) is 19.0 Å². The maximum absolute atomic E-state index is 12.0. The van der Waals surface area contributed by atoms with Crippen molar-refractivity contribution in [1.82, 2.24) is 4.90 Å². The van der Waals surface area contributed by atoms with Crippen molar-refractivity contribution in [1.29, 1.82) is 0 Å². The summed E-state index contributed by atoms with van der Waals surface area (Å²) in [7, 11) is 0. The van der Waals surface area contributed by atoms with Gasteiger partial charge in [0.25, 0.3) is 0 Å². The van der Waals surface area contributed by atoms with Gasteiger partial charge in [-0.1, -0.05) is 13.3 Å². The van der Waals surface area contributed by atoms with Gasteiger partial charge in [-0.25, -0.2) is 0 Å². The Morgan fingerprint density at radius 3 is 2.80 bits per heavy atom. The number of nitrogens with zero attached hydrogens (tertiary/aromatic N) is 1. The van der Waals surface area contributed by atoms with Crippen LogP contribution in [0.15, 0.2) is 0 Å². The van der Waals surface area contributed by atoms with E-state index < -0.39 is 0 Å². The summed E-state index contributed by atoms with van der Waals surface area (Å²) in [6, 6.07) is 0.122. The van der Waals surface area contributed by atoms with Crippen LogP contribution in [0.1, 0.15) is 52.9 Å². The number of amides is 1. The number of hydrogen-bond donors (Lipinski definition) is 1. The van der Waals surface area contributed by atoms with Crippen molar-refractivity contribution in [3.63, 3.8) is 0 Å². The first-order valence-electron chi connectivity index (χ1n) is 6.06. The van der Waals surface area contributed by atoms with Crippen LogP contribution in [0, 0.1) is 0 Å². The van der Waals surface area contributed by atoms with E-state index in [1.807, 2.05) is 4.90 Å². The van der Waals surface area contributed by atoms with E-state index in [0.717, 1.165) is 32.2 Å². The average molecular weight is 212 g/mol. The molecule has 3 nitrogen and oxygen atoms in total. The lowest BCUT2D eigenvalue weighted by Crippen LogP contribution is -2.61. The molecule has 2 N–H and O–H groups in total. The van der Waals surface area contributed by atoms with Gasteiger partial charge in [-0.3, -0.25) is 4.79 Å². The summed E-state index contributed by atoms with van der Waals surface area (Å²) in [4.78, 5) is 14.0. The van der Waals surface area contributed by atoms with Crippen LogP contribution in [0.4, 0.5) is 0 Å². The van der Waals surface area contributed by atoms with Crippen molar-refractivity contribution in [3.05, 3.63) is 0 Å². The van der Waals surface area contributed by atoms with Gasteiger partial charge in [0.1, 0.15) is 0 Å². The second-order valence-electron chi connectivity index (χ2n) is 5.05. The molecule has 0 bridgehead atoms. The van der Waals surface area contributed by atoms with Gasteiger partial charge >= 0.3 is 0 Å². The molecule has 15 heavy (non-hydrogen) atoms. The molecule has 1 atom stereocenters. The molecule has 3 heteroatoms. The minimum absolute atomic E-state index is 0.122. The summed E-state index contributed by atoms with van der Waals surface area (Å²) in [6.07, 6.45) is 4.81. The largest absolute Gasteiger partial charge is 0.336 e. The lowest BCUT2D eigenvalue weighted by atomic mass is 9.85. The van der Waals surface area contributed by atoms with Crippen LogP contribution in [-0.4, -0.2) is 28.9 Å². The van der Waals surface area contributed by atoms with E-state index in [-0.39, 0.29) is 17.5 Å². The van der Waals surface area contributed by atoms with Crippen molar-refractivity contribution in [2.45, 2.75) is 64.5 Å². The maximum atomic E-state index is 12.0. The fourth-order valence-corrected chi connectivity index (χ4v) is 2.22. The second-order valence-corrected chi connectivity index (χ2v) is 5.05. The molecule has 0 spiro atoms. The zero-order chi connectivity index (χ0) is 11.5. The third kappa shape index (κ3) is 2.71. The Bertz CT molecular complexity index is 226. The molecule has 1 aliphatic heterocycles. The highest BCUT2D eigenvalue weighted by Gasteiger charge is 2.38. The SMILES string of the molecule is CCCCC(=O)N1CCCC(N)C1(C)C. The summed E-state index contributed by atoms with van der Waals surface area (Å²) in [5.74, 6) is 0.275. The van der Waals surface area contributed by atoms with Crippen molar-refractivity contribution in [2.75, 3.05) is 6.54 Å². The zero-order valence-corrected chi connectivity index (χ0v) is 10.3. The fraction of sp³-hybridized carbons (Fsp3) is 0.917. The highest BCUT2D eigenvalue weighted by atomic mass is 16.2. The quantitative estimate of drug-likeness (QED) is 0.776. The summed E-state index contributed by atoms with van der Waals surface area (Å²) in [5, 5.41) is 0. The minimum Gasteiger partial charge on any atom is -0.336 e. The normalized spacial score (nSPS) is 25.3. The van der Waals surface area contributed by atoms with Gasteiger partial charge in [-0.05, 0) is 33.1 Å². The Morgan fingerprint density at radius 2 is 2.20 bits per heavy atom. The summed E-state index contributed by atoms with van der Waals surface area (Å²) >= 11 is 0. The third-order valence-electron chi connectivity index (χ3n) is 3.55. The smallest absolute Gasteiger partial charge is 0.223 e. The molecule has 0 aromatic rings. The second kappa shape index (κ2) is 4.97. The molecule has 0 radical (unpaired) electrons. The molecule has 1 unspecified atom stereocenters. The van der Waals surface area contributed by atoms with Gasteiger partial charge in [-0.15, -0.1) is 0 Å². The van der Waals surface area contributed by atoms with E-state index >= 15 is 0 Å². The molecule has 0 aromatic heterocycles. The van der Waals surface area contributed by atoms with Gasteiger partial charge in [0.2, 0.25) is 5.91 Å². The first-order valence-corrected chi connectivity index (χ1v) is 6.06. The van der Waals surface area contributed by atoms with E-state index in [1.165, 1.54) is 0 Å². The molecule has 0 aromatic carbocycles. The lowest BCUT2D eigenvalue weighted by Gasteiger charge is -2.46. The number of carbonyl (C=O) groups excluding carboxylic acids is 1.